The molecule has 140 valence electrons. The third-order valence-electron chi connectivity index (χ3n) is 3.77. The van der Waals surface area contributed by atoms with E-state index >= 15 is 0 Å². The summed E-state index contributed by atoms with van der Waals surface area (Å²) in [6, 6.07) is 11.1. The van der Waals surface area contributed by atoms with Crippen molar-refractivity contribution in [2.24, 2.45) is 5.92 Å². The Morgan fingerprint density at radius 3 is 2.62 bits per heavy atom. The van der Waals surface area contributed by atoms with Crippen molar-refractivity contribution in [1.82, 2.24) is 15.6 Å². The fourth-order valence-corrected chi connectivity index (χ4v) is 2.34. The molecule has 0 radical (unpaired) electrons. The first-order valence-electron chi connectivity index (χ1n) is 8.91. The van der Waals surface area contributed by atoms with Crippen molar-refractivity contribution in [3.63, 3.8) is 0 Å². The van der Waals surface area contributed by atoms with Crippen LogP contribution in [0.4, 0.5) is 0 Å². The lowest BCUT2D eigenvalue weighted by Gasteiger charge is -2.14. The SMILES string of the molecule is CCCOc1ccc(Oc2ncccc2CNC(=O)C(C)CNC)cc1. The third kappa shape index (κ3) is 6.04. The van der Waals surface area contributed by atoms with Gasteiger partial charge in [0.25, 0.3) is 0 Å². The molecule has 2 rings (SSSR count). The van der Waals surface area contributed by atoms with Gasteiger partial charge in [0.05, 0.1) is 6.61 Å². The Morgan fingerprint density at radius 2 is 1.92 bits per heavy atom. The van der Waals surface area contributed by atoms with Crippen LogP contribution in [0.2, 0.25) is 0 Å². The van der Waals surface area contributed by atoms with E-state index < -0.39 is 0 Å². The van der Waals surface area contributed by atoms with Gasteiger partial charge in [0.2, 0.25) is 11.8 Å². The number of carbonyl (C=O) groups is 1. The Morgan fingerprint density at radius 1 is 1.19 bits per heavy atom. The Hall–Kier alpha value is -2.60. The molecule has 0 fully saturated rings. The second-order valence-electron chi connectivity index (χ2n) is 6.07. The zero-order valence-corrected chi connectivity index (χ0v) is 15.6. The fraction of sp³-hybridized carbons (Fsp3) is 0.400. The molecular weight excluding hydrogens is 330 g/mol. The van der Waals surface area contributed by atoms with Crippen LogP contribution in [-0.4, -0.2) is 31.1 Å². The number of hydrogen-bond donors (Lipinski definition) is 2. The van der Waals surface area contributed by atoms with Gasteiger partial charge >= 0.3 is 0 Å². The van der Waals surface area contributed by atoms with Crippen molar-refractivity contribution in [3.8, 4) is 17.4 Å². The molecule has 2 N–H and O–H groups in total. The van der Waals surface area contributed by atoms with Crippen LogP contribution in [0.5, 0.6) is 17.4 Å². The van der Waals surface area contributed by atoms with Gasteiger partial charge in [-0.2, -0.15) is 0 Å². The lowest BCUT2D eigenvalue weighted by atomic mass is 10.1. The monoisotopic (exact) mass is 357 g/mol. The average molecular weight is 357 g/mol. The summed E-state index contributed by atoms with van der Waals surface area (Å²) in [5, 5.41) is 5.92. The zero-order valence-electron chi connectivity index (χ0n) is 15.6. The molecule has 2 aromatic rings. The summed E-state index contributed by atoms with van der Waals surface area (Å²) in [5.74, 6) is 1.86. The predicted octanol–water partition coefficient (Wildman–Crippen LogP) is 3.13. The van der Waals surface area contributed by atoms with Crippen LogP contribution in [0.1, 0.15) is 25.8 Å². The maximum atomic E-state index is 12.1. The van der Waals surface area contributed by atoms with Crippen LogP contribution in [0, 0.1) is 5.92 Å². The number of amides is 1. The number of ether oxygens (including phenoxy) is 2. The Balaban J connectivity index is 1.99. The van der Waals surface area contributed by atoms with Gasteiger partial charge in [0.15, 0.2) is 0 Å². The molecule has 1 aromatic carbocycles. The molecule has 6 nitrogen and oxygen atoms in total. The molecule has 0 saturated carbocycles. The summed E-state index contributed by atoms with van der Waals surface area (Å²) in [5.41, 5.74) is 0.823. The van der Waals surface area contributed by atoms with Gasteiger partial charge in [-0.1, -0.05) is 19.9 Å². The van der Waals surface area contributed by atoms with Crippen LogP contribution in [-0.2, 0) is 11.3 Å². The summed E-state index contributed by atoms with van der Waals surface area (Å²) in [4.78, 5) is 16.4. The second kappa shape index (κ2) is 10.4. The minimum Gasteiger partial charge on any atom is -0.494 e. The molecule has 0 saturated heterocycles. The molecule has 0 bridgehead atoms. The van der Waals surface area contributed by atoms with E-state index in [1.54, 1.807) is 6.20 Å². The maximum absolute atomic E-state index is 12.1. The predicted molar refractivity (Wildman–Crippen MR) is 101 cm³/mol. The van der Waals surface area contributed by atoms with Crippen LogP contribution in [0.3, 0.4) is 0 Å². The number of benzene rings is 1. The van der Waals surface area contributed by atoms with Crippen molar-refractivity contribution in [3.05, 3.63) is 48.2 Å². The molecule has 0 aliphatic heterocycles. The minimum absolute atomic E-state index is 0.00780. The molecule has 0 aliphatic rings. The molecule has 26 heavy (non-hydrogen) atoms. The number of hydrogen-bond acceptors (Lipinski definition) is 5. The van der Waals surface area contributed by atoms with E-state index in [1.807, 2.05) is 50.4 Å². The second-order valence-corrected chi connectivity index (χ2v) is 6.07. The average Bonchev–Trinajstić information content (AvgIpc) is 2.66. The highest BCUT2D eigenvalue weighted by molar-refractivity contribution is 5.78. The standard InChI is InChI=1S/C20H27N3O3/c1-4-12-25-17-7-9-18(10-8-17)26-20-16(6-5-11-22-20)14-23-19(24)15(2)13-21-3/h5-11,15,21H,4,12-14H2,1-3H3,(H,23,24). The van der Waals surface area contributed by atoms with Crippen LogP contribution < -0.4 is 20.1 Å². The lowest BCUT2D eigenvalue weighted by Crippen LogP contribution is -2.34. The smallest absolute Gasteiger partial charge is 0.224 e. The highest BCUT2D eigenvalue weighted by atomic mass is 16.5. The number of nitrogens with one attached hydrogen (secondary N) is 2. The first kappa shape index (κ1) is 19.7. The first-order chi connectivity index (χ1) is 12.6. The molecule has 1 aromatic heterocycles. The van der Waals surface area contributed by atoms with E-state index in [2.05, 4.69) is 22.5 Å². The van der Waals surface area contributed by atoms with Crippen LogP contribution in [0.15, 0.2) is 42.6 Å². The molecule has 0 spiro atoms. The zero-order chi connectivity index (χ0) is 18.8. The van der Waals surface area contributed by atoms with Crippen molar-refractivity contribution in [2.75, 3.05) is 20.2 Å². The molecule has 1 heterocycles. The summed E-state index contributed by atoms with van der Waals surface area (Å²) in [6.07, 6.45) is 2.64. The van der Waals surface area contributed by atoms with Gasteiger partial charge in [-0.05, 0) is 43.8 Å². The molecule has 1 atom stereocenters. The third-order valence-corrected chi connectivity index (χ3v) is 3.77. The van der Waals surface area contributed by atoms with E-state index in [0.29, 0.717) is 31.3 Å². The van der Waals surface area contributed by atoms with Crippen molar-refractivity contribution in [2.45, 2.75) is 26.8 Å². The van der Waals surface area contributed by atoms with E-state index in [0.717, 1.165) is 17.7 Å². The molecular formula is C20H27N3O3. The van der Waals surface area contributed by atoms with E-state index in [1.165, 1.54) is 0 Å². The van der Waals surface area contributed by atoms with Gasteiger partial charge in [-0.25, -0.2) is 4.98 Å². The number of pyridine rings is 1. The van der Waals surface area contributed by atoms with Gasteiger partial charge in [0.1, 0.15) is 11.5 Å². The van der Waals surface area contributed by atoms with Crippen LogP contribution in [0.25, 0.3) is 0 Å². The molecule has 0 aliphatic carbocycles. The fourth-order valence-electron chi connectivity index (χ4n) is 2.34. The number of carbonyl (C=O) groups excluding carboxylic acids is 1. The van der Waals surface area contributed by atoms with Gasteiger partial charge in [0, 0.05) is 30.8 Å². The van der Waals surface area contributed by atoms with E-state index in [9.17, 15) is 4.79 Å². The van der Waals surface area contributed by atoms with Crippen LogP contribution >= 0.6 is 0 Å². The number of nitrogens with zero attached hydrogens (tertiary/aromatic N) is 1. The largest absolute Gasteiger partial charge is 0.494 e. The summed E-state index contributed by atoms with van der Waals surface area (Å²) >= 11 is 0. The highest BCUT2D eigenvalue weighted by Crippen LogP contribution is 2.25. The summed E-state index contributed by atoms with van der Waals surface area (Å²) in [7, 11) is 1.83. The molecule has 6 heteroatoms. The summed E-state index contributed by atoms with van der Waals surface area (Å²) < 4.78 is 11.4. The van der Waals surface area contributed by atoms with E-state index in [-0.39, 0.29) is 11.8 Å². The Labute approximate surface area is 154 Å². The summed E-state index contributed by atoms with van der Waals surface area (Å²) in [6.45, 7) is 5.64. The number of rotatable bonds is 10. The number of aromatic nitrogens is 1. The molecule has 1 unspecified atom stereocenters. The van der Waals surface area contributed by atoms with Crippen molar-refractivity contribution >= 4 is 5.91 Å². The normalized spacial score (nSPS) is 11.7. The van der Waals surface area contributed by atoms with Gasteiger partial charge < -0.3 is 20.1 Å². The van der Waals surface area contributed by atoms with Gasteiger partial charge in [-0.15, -0.1) is 0 Å². The van der Waals surface area contributed by atoms with E-state index in [4.69, 9.17) is 9.47 Å². The molecule has 1 amide bonds. The highest BCUT2D eigenvalue weighted by Gasteiger charge is 2.13. The quantitative estimate of drug-likeness (QED) is 0.683. The Bertz CT molecular complexity index is 689. The first-order valence-corrected chi connectivity index (χ1v) is 8.91. The van der Waals surface area contributed by atoms with Crippen molar-refractivity contribution < 1.29 is 14.3 Å². The lowest BCUT2D eigenvalue weighted by molar-refractivity contribution is -0.124. The topological polar surface area (TPSA) is 72.5 Å². The van der Waals surface area contributed by atoms with Crippen molar-refractivity contribution in [1.29, 1.82) is 0 Å². The van der Waals surface area contributed by atoms with Gasteiger partial charge in [-0.3, -0.25) is 4.79 Å². The maximum Gasteiger partial charge on any atom is 0.224 e. The Kier molecular flexibility index (Phi) is 7.89. The minimum atomic E-state index is -0.100.